The van der Waals surface area contributed by atoms with Crippen LogP contribution in [0.1, 0.15) is 86.7 Å². The molecule has 0 aliphatic heterocycles. The highest BCUT2D eigenvalue weighted by molar-refractivity contribution is 8.14. The van der Waals surface area contributed by atoms with E-state index in [1.165, 1.54) is 56.5 Å². The Kier molecular flexibility index (Phi) is 12.6. The molecule has 0 amide bonds. The van der Waals surface area contributed by atoms with Crippen LogP contribution >= 0.6 is 11.8 Å². The molecule has 0 atom stereocenters. The Bertz CT molecular complexity index is 608. The lowest BCUT2D eigenvalue weighted by molar-refractivity contribution is -0.107. The number of hydrogen-bond donors (Lipinski definition) is 0. The van der Waals surface area contributed by atoms with Gasteiger partial charge in [0, 0.05) is 5.75 Å². The summed E-state index contributed by atoms with van der Waals surface area (Å²) >= 11 is 1.33. The molecule has 0 bridgehead atoms. The summed E-state index contributed by atoms with van der Waals surface area (Å²) in [6.45, 7) is 4.34. The minimum absolute atomic E-state index is 0.0283. The number of aryl methyl sites for hydroxylation is 1. The predicted molar refractivity (Wildman–Crippen MR) is 116 cm³/mol. The van der Waals surface area contributed by atoms with E-state index in [1.54, 1.807) is 12.2 Å². The third kappa shape index (κ3) is 9.81. The van der Waals surface area contributed by atoms with Gasteiger partial charge in [-0.05, 0) is 48.6 Å². The normalized spacial score (nSPS) is 11.1. The first-order valence-electron chi connectivity index (χ1n) is 10.2. The highest BCUT2D eigenvalue weighted by Gasteiger charge is 2.11. The Balaban J connectivity index is 2.73. The molecule has 0 N–H and O–H groups in total. The number of thioether (sulfide) groups is 1. The van der Waals surface area contributed by atoms with Crippen LogP contribution in [0.15, 0.2) is 24.3 Å². The first kappa shape index (κ1) is 23.5. The van der Waals surface area contributed by atoms with Gasteiger partial charge in [-0.1, -0.05) is 76.3 Å². The highest BCUT2D eigenvalue weighted by atomic mass is 32.2. The molecule has 27 heavy (non-hydrogen) atoms. The van der Waals surface area contributed by atoms with Crippen LogP contribution in [-0.4, -0.2) is 23.9 Å². The van der Waals surface area contributed by atoms with Crippen molar-refractivity contribution in [3.63, 3.8) is 0 Å². The van der Waals surface area contributed by atoms with Crippen molar-refractivity contribution in [1.82, 2.24) is 0 Å². The van der Waals surface area contributed by atoms with E-state index in [4.69, 9.17) is 4.74 Å². The van der Waals surface area contributed by atoms with Crippen molar-refractivity contribution in [3.05, 3.63) is 41.0 Å². The fourth-order valence-corrected chi connectivity index (χ4v) is 3.63. The van der Waals surface area contributed by atoms with Gasteiger partial charge in [-0.3, -0.25) is 4.79 Å². The van der Waals surface area contributed by atoms with Crippen LogP contribution in [0.2, 0.25) is 0 Å². The SMILES string of the molecule is CCCCCCCCc1ccc(C(=O)OC)c(/C=C/C(=O)SCCCC)c1. The van der Waals surface area contributed by atoms with Crippen LogP contribution in [-0.2, 0) is 16.0 Å². The van der Waals surface area contributed by atoms with Crippen LogP contribution in [0.4, 0.5) is 0 Å². The molecule has 0 radical (unpaired) electrons. The van der Waals surface area contributed by atoms with Crippen LogP contribution < -0.4 is 0 Å². The molecule has 1 rings (SSSR count). The van der Waals surface area contributed by atoms with Gasteiger partial charge in [-0.25, -0.2) is 4.79 Å². The zero-order valence-electron chi connectivity index (χ0n) is 17.1. The van der Waals surface area contributed by atoms with Crippen molar-refractivity contribution in [2.24, 2.45) is 0 Å². The van der Waals surface area contributed by atoms with Gasteiger partial charge in [-0.2, -0.15) is 0 Å². The molecular weight excluding hydrogens is 356 g/mol. The summed E-state index contributed by atoms with van der Waals surface area (Å²) in [6, 6.07) is 5.82. The van der Waals surface area contributed by atoms with Crippen molar-refractivity contribution in [1.29, 1.82) is 0 Å². The van der Waals surface area contributed by atoms with E-state index in [-0.39, 0.29) is 11.1 Å². The second-order valence-electron chi connectivity index (χ2n) is 6.79. The second kappa shape index (κ2) is 14.5. The first-order valence-corrected chi connectivity index (χ1v) is 11.2. The third-order valence-electron chi connectivity index (χ3n) is 4.48. The molecule has 0 fully saturated rings. The van der Waals surface area contributed by atoms with Crippen LogP contribution in [0.5, 0.6) is 0 Å². The number of rotatable bonds is 13. The number of esters is 1. The number of benzene rings is 1. The topological polar surface area (TPSA) is 43.4 Å². The molecule has 0 heterocycles. The molecule has 1 aromatic rings. The lowest BCUT2D eigenvalue weighted by Crippen LogP contribution is -2.04. The molecule has 0 aliphatic carbocycles. The van der Waals surface area contributed by atoms with Gasteiger partial charge in [0.25, 0.3) is 0 Å². The minimum Gasteiger partial charge on any atom is -0.465 e. The maximum Gasteiger partial charge on any atom is 0.338 e. The summed E-state index contributed by atoms with van der Waals surface area (Å²) in [4.78, 5) is 24.0. The van der Waals surface area contributed by atoms with Crippen LogP contribution in [0, 0.1) is 0 Å². The molecule has 4 heteroatoms. The van der Waals surface area contributed by atoms with Gasteiger partial charge < -0.3 is 4.74 Å². The Morgan fingerprint density at radius 3 is 2.41 bits per heavy atom. The zero-order valence-corrected chi connectivity index (χ0v) is 17.9. The van der Waals surface area contributed by atoms with Gasteiger partial charge in [0.05, 0.1) is 12.7 Å². The van der Waals surface area contributed by atoms with Gasteiger partial charge in [0.2, 0.25) is 5.12 Å². The van der Waals surface area contributed by atoms with Gasteiger partial charge in [0.15, 0.2) is 0 Å². The number of carbonyl (C=O) groups is 2. The first-order chi connectivity index (χ1) is 13.1. The number of methoxy groups -OCH3 is 1. The van der Waals surface area contributed by atoms with Crippen molar-refractivity contribution < 1.29 is 14.3 Å². The van der Waals surface area contributed by atoms with Crippen LogP contribution in [0.25, 0.3) is 6.08 Å². The molecule has 3 nitrogen and oxygen atoms in total. The summed E-state index contributed by atoms with van der Waals surface area (Å²) in [7, 11) is 1.38. The maximum absolute atomic E-state index is 12.0. The average molecular weight is 391 g/mol. The Labute approximate surface area is 169 Å². The largest absolute Gasteiger partial charge is 0.465 e. The molecule has 0 spiro atoms. The van der Waals surface area contributed by atoms with E-state index in [9.17, 15) is 9.59 Å². The fraction of sp³-hybridized carbons (Fsp3) is 0.565. The molecular formula is C23H34O3S. The van der Waals surface area contributed by atoms with Gasteiger partial charge in [0.1, 0.15) is 0 Å². The summed E-state index contributed by atoms with van der Waals surface area (Å²) in [5.41, 5.74) is 2.46. The monoisotopic (exact) mass is 390 g/mol. The molecule has 1 aromatic carbocycles. The van der Waals surface area contributed by atoms with Crippen molar-refractivity contribution in [2.75, 3.05) is 12.9 Å². The summed E-state index contributed by atoms with van der Waals surface area (Å²) in [5, 5.41) is 0.0283. The predicted octanol–water partition coefficient (Wildman–Crippen LogP) is 6.45. The highest BCUT2D eigenvalue weighted by Crippen LogP contribution is 2.19. The molecule has 150 valence electrons. The lowest BCUT2D eigenvalue weighted by atomic mass is 9.99. The number of hydrogen-bond acceptors (Lipinski definition) is 4. The van der Waals surface area contributed by atoms with Crippen molar-refractivity contribution in [2.45, 2.75) is 71.6 Å². The van der Waals surface area contributed by atoms with E-state index in [1.807, 2.05) is 18.2 Å². The van der Waals surface area contributed by atoms with Gasteiger partial charge >= 0.3 is 5.97 Å². The molecule has 0 aromatic heterocycles. The van der Waals surface area contributed by atoms with E-state index >= 15 is 0 Å². The third-order valence-corrected chi connectivity index (χ3v) is 5.39. The van der Waals surface area contributed by atoms with Gasteiger partial charge in [-0.15, -0.1) is 0 Å². The molecule has 0 unspecified atom stereocenters. The Morgan fingerprint density at radius 2 is 1.70 bits per heavy atom. The Morgan fingerprint density at radius 1 is 1.00 bits per heavy atom. The van der Waals surface area contributed by atoms with Crippen molar-refractivity contribution >= 4 is 28.9 Å². The standard InChI is InChI=1S/C23H34O3S/c1-4-6-8-9-10-11-12-19-13-15-21(23(25)26-3)20(18-19)14-16-22(24)27-17-7-5-2/h13-16,18H,4-12,17H2,1-3H3/b16-14+. The lowest BCUT2D eigenvalue weighted by Gasteiger charge is -2.08. The molecule has 0 aliphatic rings. The smallest absolute Gasteiger partial charge is 0.338 e. The van der Waals surface area contributed by atoms with Crippen molar-refractivity contribution in [3.8, 4) is 0 Å². The average Bonchev–Trinajstić information content (AvgIpc) is 2.68. The summed E-state index contributed by atoms with van der Waals surface area (Å²) < 4.78 is 4.88. The van der Waals surface area contributed by atoms with E-state index in [0.717, 1.165) is 37.0 Å². The maximum atomic E-state index is 12.0. The molecule has 0 saturated carbocycles. The zero-order chi connectivity index (χ0) is 19.9. The minimum atomic E-state index is -0.369. The molecule has 0 saturated heterocycles. The van der Waals surface area contributed by atoms with E-state index < -0.39 is 0 Å². The van der Waals surface area contributed by atoms with E-state index in [0.29, 0.717) is 5.56 Å². The fourth-order valence-electron chi connectivity index (χ4n) is 2.83. The van der Waals surface area contributed by atoms with E-state index in [2.05, 4.69) is 13.8 Å². The summed E-state index contributed by atoms with van der Waals surface area (Å²) in [5.74, 6) is 0.466. The number of ether oxygens (including phenoxy) is 1. The summed E-state index contributed by atoms with van der Waals surface area (Å²) in [6.07, 6.45) is 14.0. The van der Waals surface area contributed by atoms with Crippen LogP contribution in [0.3, 0.4) is 0 Å². The second-order valence-corrected chi connectivity index (χ2v) is 7.88. The Hall–Kier alpha value is -1.55. The quantitative estimate of drug-likeness (QED) is 0.220. The number of carbonyl (C=O) groups excluding carboxylic acids is 2. The number of unbranched alkanes of at least 4 members (excludes halogenated alkanes) is 6.